The predicted molar refractivity (Wildman–Crippen MR) is 82.8 cm³/mol. The molecule has 0 radical (unpaired) electrons. The molecule has 21 heavy (non-hydrogen) atoms. The minimum Gasteiger partial charge on any atom is -0.465 e. The van der Waals surface area contributed by atoms with Crippen LogP contribution in [0.25, 0.3) is 10.9 Å². The van der Waals surface area contributed by atoms with E-state index in [4.69, 9.17) is 4.74 Å². The summed E-state index contributed by atoms with van der Waals surface area (Å²) >= 11 is 0. The molecule has 0 spiro atoms. The molecule has 0 saturated carbocycles. The van der Waals surface area contributed by atoms with Gasteiger partial charge in [0.2, 0.25) is 0 Å². The molecule has 112 valence electrons. The Kier molecular flexibility index (Phi) is 4.46. The van der Waals surface area contributed by atoms with Gasteiger partial charge in [-0.1, -0.05) is 33.3 Å². The topological polar surface area (TPSA) is 59.2 Å². The second kappa shape index (κ2) is 6.12. The Labute approximate surface area is 124 Å². The van der Waals surface area contributed by atoms with Crippen molar-refractivity contribution in [3.63, 3.8) is 0 Å². The molecule has 0 aliphatic carbocycles. The van der Waals surface area contributed by atoms with E-state index in [0.717, 1.165) is 29.3 Å². The quantitative estimate of drug-likeness (QED) is 0.673. The maximum absolute atomic E-state index is 12.4. The van der Waals surface area contributed by atoms with Crippen molar-refractivity contribution in [3.05, 3.63) is 35.0 Å². The molecule has 1 N–H and O–H groups in total. The maximum atomic E-state index is 12.4. The second-order valence-corrected chi connectivity index (χ2v) is 5.50. The molecular formula is C17H21NO3. The van der Waals surface area contributed by atoms with E-state index in [1.165, 1.54) is 7.11 Å². The number of benzene rings is 1. The van der Waals surface area contributed by atoms with E-state index < -0.39 is 0 Å². The molecule has 2 rings (SSSR count). The van der Waals surface area contributed by atoms with Crippen molar-refractivity contribution in [2.75, 3.05) is 7.11 Å². The number of ketones is 1. The summed E-state index contributed by atoms with van der Waals surface area (Å²) in [5.74, 6) is -0.330. The van der Waals surface area contributed by atoms with E-state index in [1.54, 1.807) is 12.1 Å². The third kappa shape index (κ3) is 2.84. The number of methoxy groups -OCH3 is 1. The van der Waals surface area contributed by atoms with Crippen LogP contribution in [0, 0.1) is 5.92 Å². The number of fused-ring (bicyclic) bond motifs is 1. The molecule has 1 aromatic carbocycles. The average molecular weight is 287 g/mol. The number of hydrogen-bond donors (Lipinski definition) is 1. The first kappa shape index (κ1) is 15.3. The van der Waals surface area contributed by atoms with Crippen molar-refractivity contribution in [3.8, 4) is 0 Å². The summed E-state index contributed by atoms with van der Waals surface area (Å²) in [5, 5.41) is 1.01. The lowest BCUT2D eigenvalue weighted by Gasteiger charge is -2.05. The molecule has 0 aliphatic heterocycles. The number of rotatable bonds is 5. The van der Waals surface area contributed by atoms with Crippen molar-refractivity contribution < 1.29 is 14.3 Å². The third-order valence-corrected chi connectivity index (χ3v) is 3.60. The highest BCUT2D eigenvalue weighted by atomic mass is 16.5. The minimum atomic E-state index is -0.375. The van der Waals surface area contributed by atoms with Crippen LogP contribution in [0.4, 0.5) is 0 Å². The number of nitrogens with one attached hydrogen (secondary N) is 1. The van der Waals surface area contributed by atoms with Gasteiger partial charge in [0.15, 0.2) is 5.78 Å². The number of hydrogen-bond acceptors (Lipinski definition) is 3. The third-order valence-electron chi connectivity index (χ3n) is 3.60. The van der Waals surface area contributed by atoms with Crippen LogP contribution in [0.5, 0.6) is 0 Å². The molecule has 2 aromatic rings. The summed E-state index contributed by atoms with van der Waals surface area (Å²) < 4.78 is 4.74. The highest BCUT2D eigenvalue weighted by Gasteiger charge is 2.20. The van der Waals surface area contributed by atoms with E-state index in [-0.39, 0.29) is 17.7 Å². The summed E-state index contributed by atoms with van der Waals surface area (Å²) in [6.45, 7) is 5.87. The Morgan fingerprint density at radius 1 is 1.29 bits per heavy atom. The normalized spacial score (nSPS) is 11.1. The zero-order chi connectivity index (χ0) is 15.6. The number of H-pyrrole nitrogens is 1. The van der Waals surface area contributed by atoms with Gasteiger partial charge in [0.1, 0.15) is 0 Å². The molecule has 4 heteroatoms. The van der Waals surface area contributed by atoms with E-state index in [9.17, 15) is 9.59 Å². The first-order valence-electron chi connectivity index (χ1n) is 7.26. The van der Waals surface area contributed by atoms with E-state index in [0.29, 0.717) is 11.3 Å². The van der Waals surface area contributed by atoms with Crippen LogP contribution >= 0.6 is 0 Å². The number of esters is 1. The molecular weight excluding hydrogens is 266 g/mol. The summed E-state index contributed by atoms with van der Waals surface area (Å²) in [7, 11) is 1.36. The highest BCUT2D eigenvalue weighted by Crippen LogP contribution is 2.27. The fraction of sp³-hybridized carbons (Fsp3) is 0.412. The number of aryl methyl sites for hydroxylation is 1. The van der Waals surface area contributed by atoms with Crippen LogP contribution in [-0.4, -0.2) is 23.8 Å². The smallest absolute Gasteiger partial charge is 0.337 e. The fourth-order valence-electron chi connectivity index (χ4n) is 2.51. The molecule has 0 atom stereocenters. The van der Waals surface area contributed by atoms with Gasteiger partial charge in [-0.2, -0.15) is 0 Å². The van der Waals surface area contributed by atoms with Gasteiger partial charge in [-0.15, -0.1) is 0 Å². The number of aromatic amines is 1. The lowest BCUT2D eigenvalue weighted by atomic mass is 9.98. The summed E-state index contributed by atoms with van der Waals surface area (Å²) in [4.78, 5) is 27.2. The molecule has 1 heterocycles. The zero-order valence-electron chi connectivity index (χ0n) is 12.9. The van der Waals surface area contributed by atoms with Gasteiger partial charge in [0, 0.05) is 16.8 Å². The van der Waals surface area contributed by atoms with E-state index in [1.807, 2.05) is 19.9 Å². The van der Waals surface area contributed by atoms with Crippen molar-refractivity contribution in [2.45, 2.75) is 33.6 Å². The fourth-order valence-corrected chi connectivity index (χ4v) is 2.51. The molecule has 0 amide bonds. The Hall–Kier alpha value is -2.10. The number of aromatic nitrogens is 1. The number of Topliss-reactive ketones (excluding diaryl/α,β-unsaturated/α-hetero) is 1. The van der Waals surface area contributed by atoms with Gasteiger partial charge in [0.05, 0.1) is 18.4 Å². The van der Waals surface area contributed by atoms with Gasteiger partial charge in [-0.05, 0) is 24.1 Å². The van der Waals surface area contributed by atoms with Crippen molar-refractivity contribution in [1.29, 1.82) is 0 Å². The number of ether oxygens (including phenoxy) is 1. The van der Waals surface area contributed by atoms with Gasteiger partial charge < -0.3 is 9.72 Å². The predicted octanol–water partition coefficient (Wildman–Crippen LogP) is 3.75. The number of carbonyl (C=O) groups is 2. The van der Waals surface area contributed by atoms with E-state index >= 15 is 0 Å². The van der Waals surface area contributed by atoms with Crippen molar-refractivity contribution in [1.82, 2.24) is 4.98 Å². The highest BCUT2D eigenvalue weighted by molar-refractivity contribution is 6.04. The van der Waals surface area contributed by atoms with Crippen molar-refractivity contribution >= 4 is 22.7 Å². The van der Waals surface area contributed by atoms with Gasteiger partial charge >= 0.3 is 5.97 Å². The number of carbonyl (C=O) groups excluding carboxylic acids is 2. The second-order valence-electron chi connectivity index (χ2n) is 5.50. The summed E-state index contributed by atoms with van der Waals surface area (Å²) in [6.07, 6.45) is 1.80. The Morgan fingerprint density at radius 2 is 2.00 bits per heavy atom. The molecule has 0 bridgehead atoms. The van der Waals surface area contributed by atoms with Crippen LogP contribution in [0.2, 0.25) is 0 Å². The first-order chi connectivity index (χ1) is 9.99. The van der Waals surface area contributed by atoms with Gasteiger partial charge in [0.25, 0.3) is 0 Å². The first-order valence-corrected chi connectivity index (χ1v) is 7.26. The van der Waals surface area contributed by atoms with Gasteiger partial charge in [-0.25, -0.2) is 4.79 Å². The lowest BCUT2D eigenvalue weighted by molar-refractivity contribution is 0.0600. The SMILES string of the molecule is CCCc1c(C(=O)C(C)C)[nH]c2cc(C(=O)OC)ccc12. The standard InChI is InChI=1S/C17H21NO3/c1-5-6-13-12-8-7-11(17(20)21-4)9-14(12)18-15(13)16(19)10(2)3/h7-10,18H,5-6H2,1-4H3. The molecule has 4 nitrogen and oxygen atoms in total. The van der Waals surface area contributed by atoms with Crippen LogP contribution < -0.4 is 0 Å². The zero-order valence-corrected chi connectivity index (χ0v) is 12.9. The molecule has 0 fully saturated rings. The summed E-state index contributed by atoms with van der Waals surface area (Å²) in [6, 6.07) is 5.38. The molecule has 1 aromatic heterocycles. The Balaban J connectivity index is 2.61. The van der Waals surface area contributed by atoms with Crippen LogP contribution in [0.15, 0.2) is 18.2 Å². The largest absolute Gasteiger partial charge is 0.465 e. The van der Waals surface area contributed by atoms with Crippen LogP contribution in [0.1, 0.15) is 53.6 Å². The van der Waals surface area contributed by atoms with Crippen molar-refractivity contribution in [2.24, 2.45) is 5.92 Å². The molecule has 0 unspecified atom stereocenters. The summed E-state index contributed by atoms with van der Waals surface area (Å²) in [5.41, 5.74) is 3.01. The average Bonchev–Trinajstić information content (AvgIpc) is 2.83. The van der Waals surface area contributed by atoms with Crippen LogP contribution in [0.3, 0.4) is 0 Å². The van der Waals surface area contributed by atoms with Crippen LogP contribution in [-0.2, 0) is 11.2 Å². The van der Waals surface area contributed by atoms with E-state index in [2.05, 4.69) is 11.9 Å². The lowest BCUT2D eigenvalue weighted by Crippen LogP contribution is -2.10. The molecule has 0 saturated heterocycles. The maximum Gasteiger partial charge on any atom is 0.337 e. The van der Waals surface area contributed by atoms with Gasteiger partial charge in [-0.3, -0.25) is 4.79 Å². The Morgan fingerprint density at radius 3 is 2.57 bits per heavy atom. The monoisotopic (exact) mass is 287 g/mol. The molecule has 0 aliphatic rings. The minimum absolute atomic E-state index is 0.0613. The Bertz CT molecular complexity index is 683.